The lowest BCUT2D eigenvalue weighted by Crippen LogP contribution is -2.24. The van der Waals surface area contributed by atoms with E-state index in [9.17, 15) is 9.59 Å². The zero-order valence-corrected chi connectivity index (χ0v) is 14.9. The van der Waals surface area contributed by atoms with E-state index in [0.717, 1.165) is 11.1 Å². The standard InChI is InChI=1S/C22H17N3O3/c26-21(24-28)17-12-10-15(11-13-17)14-25-20(16-6-2-1-3-7-16)23-19-9-5-4-8-18(19)22(25)27/h1-13,28H,14H2,(H,24,26). The highest BCUT2D eigenvalue weighted by molar-refractivity contribution is 5.93. The van der Waals surface area contributed by atoms with Gasteiger partial charge in [0.1, 0.15) is 5.82 Å². The van der Waals surface area contributed by atoms with Crippen molar-refractivity contribution in [2.45, 2.75) is 6.54 Å². The molecule has 3 aromatic carbocycles. The molecule has 0 radical (unpaired) electrons. The third kappa shape index (κ3) is 3.28. The first-order valence-electron chi connectivity index (χ1n) is 8.76. The first kappa shape index (κ1) is 17.6. The highest BCUT2D eigenvalue weighted by Gasteiger charge is 2.13. The molecule has 6 heteroatoms. The summed E-state index contributed by atoms with van der Waals surface area (Å²) in [6.07, 6.45) is 0. The fourth-order valence-corrected chi connectivity index (χ4v) is 3.13. The second kappa shape index (κ2) is 7.46. The van der Waals surface area contributed by atoms with Gasteiger partial charge in [-0.05, 0) is 29.8 Å². The molecule has 138 valence electrons. The Bertz CT molecular complexity index is 1200. The maximum absolute atomic E-state index is 13.2. The number of rotatable bonds is 4. The number of fused-ring (bicyclic) bond motifs is 1. The van der Waals surface area contributed by atoms with E-state index in [-0.39, 0.29) is 5.56 Å². The first-order valence-corrected chi connectivity index (χ1v) is 8.76. The predicted octanol–water partition coefficient (Wildman–Crippen LogP) is 3.23. The van der Waals surface area contributed by atoms with E-state index in [1.807, 2.05) is 48.5 Å². The minimum Gasteiger partial charge on any atom is -0.288 e. The molecular weight excluding hydrogens is 354 g/mol. The van der Waals surface area contributed by atoms with Crippen LogP contribution in [-0.4, -0.2) is 20.7 Å². The van der Waals surface area contributed by atoms with E-state index in [2.05, 4.69) is 0 Å². The predicted molar refractivity (Wildman–Crippen MR) is 106 cm³/mol. The zero-order valence-electron chi connectivity index (χ0n) is 14.9. The lowest BCUT2D eigenvalue weighted by Gasteiger charge is -2.14. The molecule has 4 rings (SSSR count). The summed E-state index contributed by atoms with van der Waals surface area (Å²) >= 11 is 0. The van der Waals surface area contributed by atoms with Crippen LogP contribution < -0.4 is 11.0 Å². The SMILES string of the molecule is O=C(NO)c1ccc(Cn2c(-c3ccccc3)nc3ccccc3c2=O)cc1. The molecule has 0 atom stereocenters. The number of carbonyl (C=O) groups excluding carboxylic acids is 1. The zero-order chi connectivity index (χ0) is 19.5. The minimum atomic E-state index is -0.582. The molecule has 0 aliphatic heterocycles. The van der Waals surface area contributed by atoms with Crippen LogP contribution in [0.25, 0.3) is 22.3 Å². The van der Waals surface area contributed by atoms with Crippen LogP contribution in [0.2, 0.25) is 0 Å². The number of nitrogens with one attached hydrogen (secondary N) is 1. The number of carbonyl (C=O) groups is 1. The molecule has 4 aromatic rings. The van der Waals surface area contributed by atoms with E-state index in [1.54, 1.807) is 40.4 Å². The van der Waals surface area contributed by atoms with Gasteiger partial charge in [0.25, 0.3) is 11.5 Å². The first-order chi connectivity index (χ1) is 13.7. The lowest BCUT2D eigenvalue weighted by molar-refractivity contribution is 0.0706. The third-order valence-corrected chi connectivity index (χ3v) is 4.55. The normalized spacial score (nSPS) is 10.8. The second-order valence-corrected chi connectivity index (χ2v) is 6.35. The number of nitrogens with zero attached hydrogens (tertiary/aromatic N) is 2. The van der Waals surface area contributed by atoms with Gasteiger partial charge in [-0.15, -0.1) is 0 Å². The van der Waals surface area contributed by atoms with Crippen molar-refractivity contribution in [1.29, 1.82) is 0 Å². The van der Waals surface area contributed by atoms with Crippen LogP contribution >= 0.6 is 0 Å². The summed E-state index contributed by atoms with van der Waals surface area (Å²) in [4.78, 5) is 29.4. The molecule has 6 nitrogen and oxygen atoms in total. The Balaban J connectivity index is 1.84. The number of hydrogen-bond donors (Lipinski definition) is 2. The molecule has 1 heterocycles. The fourth-order valence-electron chi connectivity index (χ4n) is 3.13. The molecule has 0 aliphatic rings. The molecule has 1 aromatic heterocycles. The summed E-state index contributed by atoms with van der Waals surface area (Å²) < 4.78 is 1.64. The number of hydroxylamine groups is 1. The fraction of sp³-hybridized carbons (Fsp3) is 0.0455. The Kier molecular flexibility index (Phi) is 4.70. The van der Waals surface area contributed by atoms with Crippen molar-refractivity contribution in [3.63, 3.8) is 0 Å². The van der Waals surface area contributed by atoms with Crippen LogP contribution in [-0.2, 0) is 6.54 Å². The van der Waals surface area contributed by atoms with Gasteiger partial charge >= 0.3 is 0 Å². The number of hydrogen-bond acceptors (Lipinski definition) is 4. The molecule has 1 amide bonds. The van der Waals surface area contributed by atoms with Crippen molar-refractivity contribution in [3.8, 4) is 11.4 Å². The molecular formula is C22H17N3O3. The van der Waals surface area contributed by atoms with Gasteiger partial charge < -0.3 is 0 Å². The summed E-state index contributed by atoms with van der Waals surface area (Å²) in [5.41, 5.74) is 4.15. The summed E-state index contributed by atoms with van der Waals surface area (Å²) in [5.74, 6) is 0.00235. The molecule has 0 fully saturated rings. The third-order valence-electron chi connectivity index (χ3n) is 4.55. The maximum Gasteiger partial charge on any atom is 0.274 e. The summed E-state index contributed by atoms with van der Waals surface area (Å²) in [6, 6.07) is 23.5. The quantitative estimate of drug-likeness (QED) is 0.426. The van der Waals surface area contributed by atoms with Crippen LogP contribution in [0.3, 0.4) is 0 Å². The Morgan fingerprint density at radius 1 is 0.929 bits per heavy atom. The molecule has 0 saturated heterocycles. The summed E-state index contributed by atoms with van der Waals surface area (Å²) in [5, 5.41) is 9.29. The maximum atomic E-state index is 13.2. The van der Waals surface area contributed by atoms with E-state index < -0.39 is 5.91 Å². The van der Waals surface area contributed by atoms with Crippen molar-refractivity contribution in [2.24, 2.45) is 0 Å². The average Bonchev–Trinajstić information content (AvgIpc) is 2.76. The topological polar surface area (TPSA) is 84.2 Å². The van der Waals surface area contributed by atoms with E-state index >= 15 is 0 Å². The smallest absolute Gasteiger partial charge is 0.274 e. The Morgan fingerprint density at radius 2 is 1.61 bits per heavy atom. The number of benzene rings is 3. The van der Waals surface area contributed by atoms with Crippen LogP contribution in [0.1, 0.15) is 15.9 Å². The molecule has 0 bridgehead atoms. The summed E-state index contributed by atoms with van der Waals surface area (Å²) in [6.45, 7) is 0.307. The van der Waals surface area contributed by atoms with Gasteiger partial charge in [0.05, 0.1) is 17.4 Å². The number of para-hydroxylation sites is 1. The van der Waals surface area contributed by atoms with E-state index in [1.165, 1.54) is 0 Å². The lowest BCUT2D eigenvalue weighted by atomic mass is 10.1. The number of aromatic nitrogens is 2. The van der Waals surface area contributed by atoms with Crippen LogP contribution in [0.5, 0.6) is 0 Å². The van der Waals surface area contributed by atoms with Gasteiger partial charge in [-0.3, -0.25) is 19.4 Å². The molecule has 0 saturated carbocycles. The second-order valence-electron chi connectivity index (χ2n) is 6.35. The molecule has 0 unspecified atom stereocenters. The Morgan fingerprint density at radius 3 is 2.32 bits per heavy atom. The number of amides is 1. The highest BCUT2D eigenvalue weighted by atomic mass is 16.5. The molecule has 2 N–H and O–H groups in total. The van der Waals surface area contributed by atoms with Gasteiger partial charge in [0.15, 0.2) is 0 Å². The van der Waals surface area contributed by atoms with Crippen molar-refractivity contribution in [3.05, 3.63) is 100 Å². The highest BCUT2D eigenvalue weighted by Crippen LogP contribution is 2.20. The van der Waals surface area contributed by atoms with Gasteiger partial charge in [-0.2, -0.15) is 0 Å². The van der Waals surface area contributed by atoms with Crippen molar-refractivity contribution >= 4 is 16.8 Å². The molecule has 0 aliphatic carbocycles. The van der Waals surface area contributed by atoms with Gasteiger partial charge in [0, 0.05) is 11.1 Å². The van der Waals surface area contributed by atoms with Crippen LogP contribution in [0, 0.1) is 0 Å². The Labute approximate surface area is 160 Å². The van der Waals surface area contributed by atoms with Crippen molar-refractivity contribution in [2.75, 3.05) is 0 Å². The van der Waals surface area contributed by atoms with E-state index in [4.69, 9.17) is 10.2 Å². The average molecular weight is 371 g/mol. The van der Waals surface area contributed by atoms with Gasteiger partial charge in [-0.1, -0.05) is 54.6 Å². The van der Waals surface area contributed by atoms with E-state index in [0.29, 0.717) is 28.8 Å². The Hall–Kier alpha value is -3.77. The van der Waals surface area contributed by atoms with Crippen LogP contribution in [0.4, 0.5) is 0 Å². The monoisotopic (exact) mass is 371 g/mol. The van der Waals surface area contributed by atoms with Gasteiger partial charge in [0.2, 0.25) is 0 Å². The van der Waals surface area contributed by atoms with Crippen molar-refractivity contribution in [1.82, 2.24) is 15.0 Å². The largest absolute Gasteiger partial charge is 0.288 e. The van der Waals surface area contributed by atoms with Gasteiger partial charge in [-0.25, -0.2) is 10.5 Å². The summed E-state index contributed by atoms with van der Waals surface area (Å²) in [7, 11) is 0. The molecule has 0 spiro atoms. The molecule has 28 heavy (non-hydrogen) atoms. The van der Waals surface area contributed by atoms with Crippen molar-refractivity contribution < 1.29 is 10.0 Å². The van der Waals surface area contributed by atoms with Crippen LogP contribution in [0.15, 0.2) is 83.7 Å². The minimum absolute atomic E-state index is 0.123.